The molecule has 0 amide bonds. The second-order valence-electron chi connectivity index (χ2n) is 8.57. The van der Waals surface area contributed by atoms with Crippen LogP contribution in [0.15, 0.2) is 65.4 Å². The van der Waals surface area contributed by atoms with Gasteiger partial charge in [0, 0.05) is 46.7 Å². The van der Waals surface area contributed by atoms with Crippen LogP contribution in [0.5, 0.6) is 0 Å². The molecule has 0 aliphatic rings. The Morgan fingerprint density at radius 3 is 1.62 bits per heavy atom. The number of fused-ring (bicyclic) bond motifs is 1. The van der Waals surface area contributed by atoms with Gasteiger partial charge in [-0.3, -0.25) is 10.1 Å². The number of thiophene rings is 4. The highest BCUT2D eigenvalue weighted by Crippen LogP contribution is 2.27. The highest BCUT2D eigenvalue weighted by Gasteiger charge is 2.07. The van der Waals surface area contributed by atoms with Crippen LogP contribution in [-0.4, -0.2) is 14.9 Å². The van der Waals surface area contributed by atoms with Gasteiger partial charge in [0.2, 0.25) is 0 Å². The van der Waals surface area contributed by atoms with E-state index in [0.29, 0.717) is 0 Å². The van der Waals surface area contributed by atoms with Gasteiger partial charge < -0.3 is 9.97 Å². The summed E-state index contributed by atoms with van der Waals surface area (Å²) in [4.78, 5) is 24.2. The van der Waals surface area contributed by atoms with Gasteiger partial charge in [0.25, 0.3) is 5.69 Å². The SMILES string of the molecule is O=[N+]([O-])c1csc(/C=C/c2ccc(/C=C/c3cc4[nH]c(/C=C/c5ccc(/C=C/c6cccs6)s5)cc4[nH]3)s2)c1. The number of nitrogens with one attached hydrogen (secondary N) is 2. The first-order valence-corrected chi connectivity index (χ1v) is 15.4. The molecule has 0 unspecified atom stereocenters. The molecular weight excluding hydrogens is 563 g/mol. The van der Waals surface area contributed by atoms with Crippen molar-refractivity contribution in [3.8, 4) is 0 Å². The van der Waals surface area contributed by atoms with Crippen LogP contribution in [0.2, 0.25) is 0 Å². The van der Waals surface area contributed by atoms with Gasteiger partial charge in [-0.25, -0.2) is 0 Å². The molecule has 0 atom stereocenters. The Morgan fingerprint density at radius 2 is 1.13 bits per heavy atom. The number of rotatable bonds is 9. The van der Waals surface area contributed by atoms with Crippen molar-refractivity contribution in [2.75, 3.05) is 0 Å². The number of nitrogens with zero attached hydrogens (tertiary/aromatic N) is 1. The van der Waals surface area contributed by atoms with Crippen LogP contribution >= 0.6 is 45.3 Å². The lowest BCUT2D eigenvalue weighted by molar-refractivity contribution is -0.384. The number of hydrogen-bond donors (Lipinski definition) is 2. The van der Waals surface area contributed by atoms with Crippen molar-refractivity contribution in [2.45, 2.75) is 0 Å². The predicted molar refractivity (Wildman–Crippen MR) is 172 cm³/mol. The Morgan fingerprint density at radius 1 is 0.615 bits per heavy atom. The first-order chi connectivity index (χ1) is 19.1. The molecule has 0 aliphatic carbocycles. The predicted octanol–water partition coefficient (Wildman–Crippen LogP) is 10.3. The zero-order chi connectivity index (χ0) is 26.6. The molecule has 0 saturated carbocycles. The third-order valence-electron chi connectivity index (χ3n) is 5.78. The van der Waals surface area contributed by atoms with E-state index in [9.17, 15) is 10.1 Å². The topological polar surface area (TPSA) is 74.7 Å². The number of aromatic nitrogens is 2. The minimum atomic E-state index is -0.367. The van der Waals surface area contributed by atoms with Crippen molar-refractivity contribution in [2.24, 2.45) is 0 Å². The van der Waals surface area contributed by atoms with E-state index in [1.54, 1.807) is 45.5 Å². The van der Waals surface area contributed by atoms with Crippen molar-refractivity contribution in [3.05, 3.63) is 116 Å². The number of H-pyrrole nitrogens is 2. The molecule has 192 valence electrons. The van der Waals surface area contributed by atoms with Gasteiger partial charge in [-0.1, -0.05) is 6.07 Å². The maximum absolute atomic E-state index is 10.8. The highest BCUT2D eigenvalue weighted by atomic mass is 32.1. The molecule has 6 heterocycles. The van der Waals surface area contributed by atoms with E-state index in [2.05, 4.69) is 100 Å². The fourth-order valence-corrected chi connectivity index (χ4v) is 6.91. The van der Waals surface area contributed by atoms with Crippen molar-refractivity contribution >= 4 is 111 Å². The number of hydrogen-bond acceptors (Lipinski definition) is 6. The second-order valence-corrected chi connectivity index (χ2v) is 12.8. The Hall–Kier alpha value is -4.02. The fraction of sp³-hybridized carbons (Fsp3) is 0. The van der Waals surface area contributed by atoms with Gasteiger partial charge in [0.05, 0.1) is 21.3 Å². The molecular formula is C30H21N3O2S4. The molecule has 2 N–H and O–H groups in total. The minimum Gasteiger partial charge on any atom is -0.354 e. The van der Waals surface area contributed by atoms with Gasteiger partial charge in [-0.05, 0) is 96.5 Å². The second kappa shape index (κ2) is 11.4. The van der Waals surface area contributed by atoms with Crippen molar-refractivity contribution in [1.82, 2.24) is 9.97 Å². The number of nitro groups is 1. The highest BCUT2D eigenvalue weighted by molar-refractivity contribution is 7.14. The van der Waals surface area contributed by atoms with Crippen LogP contribution < -0.4 is 0 Å². The third-order valence-corrected chi connectivity index (χ3v) is 9.54. The lowest BCUT2D eigenvalue weighted by Gasteiger charge is -1.88. The summed E-state index contributed by atoms with van der Waals surface area (Å²) in [5, 5.41) is 14.5. The molecule has 6 aromatic rings. The van der Waals surface area contributed by atoms with Gasteiger partial charge in [0.1, 0.15) is 0 Å². The van der Waals surface area contributed by atoms with E-state index in [-0.39, 0.29) is 10.6 Å². The quantitative estimate of drug-likeness (QED) is 0.131. The van der Waals surface area contributed by atoms with Crippen LogP contribution in [0.4, 0.5) is 5.69 Å². The molecule has 0 spiro atoms. The maximum atomic E-state index is 10.8. The summed E-state index contributed by atoms with van der Waals surface area (Å²) in [6.07, 6.45) is 16.6. The zero-order valence-corrected chi connectivity index (χ0v) is 23.6. The van der Waals surface area contributed by atoms with E-state index < -0.39 is 0 Å². The van der Waals surface area contributed by atoms with E-state index in [1.165, 1.54) is 26.0 Å². The Balaban J connectivity index is 1.07. The average molecular weight is 584 g/mol. The summed E-state index contributed by atoms with van der Waals surface area (Å²) in [6.45, 7) is 0. The Bertz CT molecular complexity index is 1820. The molecule has 5 nitrogen and oxygen atoms in total. The molecule has 39 heavy (non-hydrogen) atoms. The van der Waals surface area contributed by atoms with E-state index in [4.69, 9.17) is 0 Å². The van der Waals surface area contributed by atoms with Crippen LogP contribution in [0.3, 0.4) is 0 Å². The van der Waals surface area contributed by atoms with Crippen molar-refractivity contribution < 1.29 is 4.92 Å². The Labute approximate surface area is 240 Å². The summed E-state index contributed by atoms with van der Waals surface area (Å²) >= 11 is 6.54. The van der Waals surface area contributed by atoms with Crippen molar-refractivity contribution in [1.29, 1.82) is 0 Å². The fourth-order valence-electron chi connectivity index (χ4n) is 3.91. The van der Waals surface area contributed by atoms with Gasteiger partial charge in [0.15, 0.2) is 0 Å². The molecule has 0 saturated heterocycles. The van der Waals surface area contributed by atoms with Crippen LogP contribution in [-0.2, 0) is 0 Å². The molecule has 6 rings (SSSR count). The van der Waals surface area contributed by atoms with Gasteiger partial charge in [-0.2, -0.15) is 0 Å². The van der Waals surface area contributed by atoms with Gasteiger partial charge >= 0.3 is 0 Å². The summed E-state index contributed by atoms with van der Waals surface area (Å²) in [7, 11) is 0. The molecule has 0 aliphatic heterocycles. The van der Waals surface area contributed by atoms with Crippen molar-refractivity contribution in [3.63, 3.8) is 0 Å². The number of aromatic amines is 2. The molecule has 0 radical (unpaired) electrons. The minimum absolute atomic E-state index is 0.134. The molecule has 0 aromatic carbocycles. The first-order valence-electron chi connectivity index (χ1n) is 12.0. The van der Waals surface area contributed by atoms with E-state index >= 15 is 0 Å². The molecule has 0 fully saturated rings. The molecule has 9 heteroatoms. The average Bonchev–Trinajstić information content (AvgIpc) is 3.75. The largest absolute Gasteiger partial charge is 0.354 e. The van der Waals surface area contributed by atoms with E-state index in [1.807, 2.05) is 12.2 Å². The van der Waals surface area contributed by atoms with Crippen LogP contribution in [0.1, 0.15) is 40.7 Å². The first kappa shape index (κ1) is 25.3. The standard InChI is InChI=1S/C30H21N3O2S4/c34-33(35)22-18-28(37-19-22)14-13-27-12-10-25(39-27)6-4-21-17-30-29(32-21)16-20(31-30)3-5-24-9-11-26(38-24)8-7-23-2-1-15-36-23/h1-19,31-32H/b5-3+,6-4+,8-7+,14-13+. The molecule has 6 aromatic heterocycles. The zero-order valence-electron chi connectivity index (χ0n) is 20.4. The third kappa shape index (κ3) is 6.35. The van der Waals surface area contributed by atoms with E-state index in [0.717, 1.165) is 37.1 Å². The lowest BCUT2D eigenvalue weighted by atomic mass is 10.3. The summed E-state index contributed by atoms with van der Waals surface area (Å²) in [5.41, 5.74) is 4.36. The maximum Gasteiger partial charge on any atom is 0.280 e. The summed E-state index contributed by atoms with van der Waals surface area (Å²) in [6, 6.07) is 18.4. The normalized spacial score (nSPS) is 12.4. The van der Waals surface area contributed by atoms with Gasteiger partial charge in [-0.15, -0.1) is 45.3 Å². The monoisotopic (exact) mass is 583 g/mol. The van der Waals surface area contributed by atoms with Crippen LogP contribution in [0, 0.1) is 10.1 Å². The van der Waals surface area contributed by atoms with Crippen LogP contribution in [0.25, 0.3) is 59.6 Å². The molecule has 0 bridgehead atoms. The lowest BCUT2D eigenvalue weighted by Crippen LogP contribution is -1.82. The smallest absolute Gasteiger partial charge is 0.280 e. The summed E-state index contributed by atoms with van der Waals surface area (Å²) in [5.74, 6) is 0. The Kier molecular flexibility index (Phi) is 7.38. The summed E-state index contributed by atoms with van der Waals surface area (Å²) < 4.78 is 0.